The smallest absolute Gasteiger partial charge is 0.135 e. The average molecular weight is 260 g/mol. The third kappa shape index (κ3) is 3.55. The van der Waals surface area contributed by atoms with Crippen LogP contribution in [0.4, 0.5) is 5.69 Å². The van der Waals surface area contributed by atoms with E-state index in [1.807, 2.05) is 18.3 Å². The summed E-state index contributed by atoms with van der Waals surface area (Å²) in [5, 5.41) is 0. The molecule has 0 radical (unpaired) electrons. The molecule has 3 nitrogen and oxygen atoms in total. The van der Waals surface area contributed by atoms with Crippen LogP contribution in [-0.2, 0) is 4.79 Å². The molecule has 104 valence electrons. The standard InChI is InChI=1S/C16H24N2O/c1-2-3-6-15(19)12-7-9-13(10-8-12)16-14(17)5-4-11-18-16/h4-5,11-13H,2-3,6-10,17H2,1H3. The SMILES string of the molecule is CCCCC(=O)C1CCC(c2ncccc2N)CC1. The van der Waals surface area contributed by atoms with Crippen LogP contribution in [-0.4, -0.2) is 10.8 Å². The predicted molar refractivity (Wildman–Crippen MR) is 77.9 cm³/mol. The zero-order valence-electron chi connectivity index (χ0n) is 11.8. The van der Waals surface area contributed by atoms with Gasteiger partial charge in [0.05, 0.1) is 11.4 Å². The molecule has 1 aliphatic carbocycles. The number of ketones is 1. The Morgan fingerprint density at radius 3 is 2.74 bits per heavy atom. The highest BCUT2D eigenvalue weighted by molar-refractivity contribution is 5.81. The average Bonchev–Trinajstić information content (AvgIpc) is 2.45. The van der Waals surface area contributed by atoms with E-state index in [-0.39, 0.29) is 5.92 Å². The van der Waals surface area contributed by atoms with Crippen molar-refractivity contribution in [3.63, 3.8) is 0 Å². The van der Waals surface area contributed by atoms with Crippen LogP contribution in [0.5, 0.6) is 0 Å². The Bertz CT molecular complexity index is 423. The third-order valence-corrected chi connectivity index (χ3v) is 4.22. The molecule has 19 heavy (non-hydrogen) atoms. The lowest BCUT2D eigenvalue weighted by Gasteiger charge is -2.27. The minimum Gasteiger partial charge on any atom is -0.397 e. The number of hydrogen-bond acceptors (Lipinski definition) is 3. The van der Waals surface area contributed by atoms with Gasteiger partial charge in [0.25, 0.3) is 0 Å². The van der Waals surface area contributed by atoms with Gasteiger partial charge in [-0.15, -0.1) is 0 Å². The van der Waals surface area contributed by atoms with Crippen molar-refractivity contribution in [1.82, 2.24) is 4.98 Å². The first-order chi connectivity index (χ1) is 9.22. The molecule has 0 bridgehead atoms. The molecule has 0 aromatic carbocycles. The summed E-state index contributed by atoms with van der Waals surface area (Å²) in [6.07, 6.45) is 8.80. The van der Waals surface area contributed by atoms with Crippen LogP contribution < -0.4 is 5.73 Å². The molecule has 2 N–H and O–H groups in total. The molecule has 0 atom stereocenters. The van der Waals surface area contributed by atoms with Crippen molar-refractivity contribution >= 4 is 11.5 Å². The first kappa shape index (κ1) is 14.0. The topological polar surface area (TPSA) is 56.0 Å². The van der Waals surface area contributed by atoms with Crippen LogP contribution in [0.1, 0.15) is 63.5 Å². The highest BCUT2D eigenvalue weighted by Gasteiger charge is 2.27. The van der Waals surface area contributed by atoms with Crippen LogP contribution in [0.2, 0.25) is 0 Å². The number of nitrogen functional groups attached to an aromatic ring is 1. The van der Waals surface area contributed by atoms with Crippen LogP contribution in [0.3, 0.4) is 0 Å². The van der Waals surface area contributed by atoms with Crippen molar-refractivity contribution in [2.24, 2.45) is 5.92 Å². The van der Waals surface area contributed by atoms with Crippen LogP contribution in [0, 0.1) is 5.92 Å². The molecule has 1 aliphatic rings. The Kier molecular flexibility index (Phi) is 4.94. The first-order valence-electron chi connectivity index (χ1n) is 7.45. The number of unbranched alkanes of at least 4 members (excludes halogenated alkanes) is 1. The molecule has 0 unspecified atom stereocenters. The molecule has 1 aromatic heterocycles. The minimum atomic E-state index is 0.285. The maximum atomic E-state index is 12.0. The van der Waals surface area contributed by atoms with Gasteiger partial charge in [0, 0.05) is 24.5 Å². The Morgan fingerprint density at radius 2 is 2.11 bits per heavy atom. The van der Waals surface area contributed by atoms with Gasteiger partial charge in [-0.3, -0.25) is 9.78 Å². The fourth-order valence-corrected chi connectivity index (χ4v) is 3.02. The summed E-state index contributed by atoms with van der Waals surface area (Å²) in [5.41, 5.74) is 7.81. The highest BCUT2D eigenvalue weighted by atomic mass is 16.1. The number of aromatic nitrogens is 1. The van der Waals surface area contributed by atoms with Gasteiger partial charge in [0.1, 0.15) is 5.78 Å². The van der Waals surface area contributed by atoms with Gasteiger partial charge in [0.2, 0.25) is 0 Å². The van der Waals surface area contributed by atoms with Crippen LogP contribution in [0.25, 0.3) is 0 Å². The van der Waals surface area contributed by atoms with E-state index in [4.69, 9.17) is 5.73 Å². The second-order valence-corrected chi connectivity index (χ2v) is 5.60. The van der Waals surface area contributed by atoms with E-state index < -0.39 is 0 Å². The van der Waals surface area contributed by atoms with E-state index in [1.165, 1.54) is 0 Å². The number of nitrogens with zero attached hydrogens (tertiary/aromatic N) is 1. The second kappa shape index (κ2) is 6.69. The van der Waals surface area contributed by atoms with Gasteiger partial charge < -0.3 is 5.73 Å². The van der Waals surface area contributed by atoms with Crippen LogP contribution in [0.15, 0.2) is 18.3 Å². The van der Waals surface area contributed by atoms with Crippen molar-refractivity contribution in [3.8, 4) is 0 Å². The Balaban J connectivity index is 1.89. The maximum absolute atomic E-state index is 12.0. The lowest BCUT2D eigenvalue weighted by molar-refractivity contribution is -0.124. The van der Waals surface area contributed by atoms with Crippen molar-refractivity contribution in [2.45, 2.75) is 57.8 Å². The lowest BCUT2D eigenvalue weighted by Crippen LogP contribution is -2.21. The van der Waals surface area contributed by atoms with Crippen LogP contribution >= 0.6 is 0 Å². The van der Waals surface area contributed by atoms with E-state index >= 15 is 0 Å². The van der Waals surface area contributed by atoms with Gasteiger partial charge >= 0.3 is 0 Å². The number of nitrogens with two attached hydrogens (primary N) is 1. The van der Waals surface area contributed by atoms with E-state index in [0.29, 0.717) is 11.7 Å². The molecule has 1 saturated carbocycles. The Labute approximate surface area is 115 Å². The quantitative estimate of drug-likeness (QED) is 0.878. The van der Waals surface area contributed by atoms with Gasteiger partial charge in [-0.25, -0.2) is 0 Å². The summed E-state index contributed by atoms with van der Waals surface area (Å²) in [5.74, 6) is 1.19. The Hall–Kier alpha value is -1.38. The van der Waals surface area contributed by atoms with E-state index in [2.05, 4.69) is 11.9 Å². The van der Waals surface area contributed by atoms with Gasteiger partial charge in [-0.2, -0.15) is 0 Å². The molecular weight excluding hydrogens is 236 g/mol. The lowest BCUT2D eigenvalue weighted by atomic mass is 9.77. The normalized spacial score (nSPS) is 23.2. The zero-order chi connectivity index (χ0) is 13.7. The summed E-state index contributed by atoms with van der Waals surface area (Å²) in [7, 11) is 0. The number of rotatable bonds is 5. The predicted octanol–water partition coefficient (Wildman–Crippen LogP) is 3.70. The minimum absolute atomic E-state index is 0.285. The molecule has 2 rings (SSSR count). The molecule has 0 spiro atoms. The summed E-state index contributed by atoms with van der Waals surface area (Å²) >= 11 is 0. The Morgan fingerprint density at radius 1 is 1.37 bits per heavy atom. The van der Waals surface area contributed by atoms with E-state index in [1.54, 1.807) is 0 Å². The fraction of sp³-hybridized carbons (Fsp3) is 0.625. The van der Waals surface area contributed by atoms with Crippen molar-refractivity contribution < 1.29 is 4.79 Å². The molecule has 1 heterocycles. The number of carbonyl (C=O) groups is 1. The maximum Gasteiger partial charge on any atom is 0.135 e. The number of hydrogen-bond donors (Lipinski definition) is 1. The van der Waals surface area contributed by atoms with Crippen molar-refractivity contribution in [1.29, 1.82) is 0 Å². The monoisotopic (exact) mass is 260 g/mol. The fourth-order valence-electron chi connectivity index (χ4n) is 3.02. The molecule has 0 saturated heterocycles. The number of carbonyl (C=O) groups excluding carboxylic acids is 1. The second-order valence-electron chi connectivity index (χ2n) is 5.60. The summed E-state index contributed by atoms with van der Waals surface area (Å²) < 4.78 is 0. The largest absolute Gasteiger partial charge is 0.397 e. The summed E-state index contributed by atoms with van der Waals surface area (Å²) in [6.45, 7) is 2.13. The highest BCUT2D eigenvalue weighted by Crippen LogP contribution is 2.37. The van der Waals surface area contributed by atoms with Crippen molar-refractivity contribution in [2.75, 3.05) is 5.73 Å². The van der Waals surface area contributed by atoms with Gasteiger partial charge in [-0.1, -0.05) is 13.3 Å². The molecule has 1 aromatic rings. The van der Waals surface area contributed by atoms with Gasteiger partial charge in [0.15, 0.2) is 0 Å². The molecule has 0 aliphatic heterocycles. The molecule has 1 fully saturated rings. The zero-order valence-corrected chi connectivity index (χ0v) is 11.8. The summed E-state index contributed by atoms with van der Waals surface area (Å²) in [4.78, 5) is 16.4. The van der Waals surface area contributed by atoms with Gasteiger partial charge in [-0.05, 0) is 44.2 Å². The first-order valence-corrected chi connectivity index (χ1v) is 7.45. The third-order valence-electron chi connectivity index (χ3n) is 4.22. The number of Topliss-reactive ketones (excluding diaryl/α,β-unsaturated/α-hetero) is 1. The molecule has 3 heteroatoms. The molecular formula is C16H24N2O. The summed E-state index contributed by atoms with van der Waals surface area (Å²) in [6, 6.07) is 3.79. The number of anilines is 1. The number of pyridine rings is 1. The van der Waals surface area contributed by atoms with E-state index in [9.17, 15) is 4.79 Å². The van der Waals surface area contributed by atoms with Crippen molar-refractivity contribution in [3.05, 3.63) is 24.0 Å². The van der Waals surface area contributed by atoms with E-state index in [0.717, 1.165) is 56.3 Å². The molecule has 0 amide bonds.